The topological polar surface area (TPSA) is 0 Å². The van der Waals surface area contributed by atoms with Crippen LogP contribution in [0.25, 0.3) is 33.7 Å². The summed E-state index contributed by atoms with van der Waals surface area (Å²) in [5.74, 6) is 0. The Hall–Kier alpha value is -2.34. The Labute approximate surface area is 113 Å². The predicted octanol–water partition coefficient (Wildman–Crippen LogP) is 5.59. The highest BCUT2D eigenvalue weighted by Crippen LogP contribution is 2.34. The first kappa shape index (κ1) is 11.7. The highest BCUT2D eigenvalue weighted by atomic mass is 14.1. The van der Waals surface area contributed by atoms with Gasteiger partial charge in [-0.2, -0.15) is 0 Å². The minimum absolute atomic E-state index is 1.17. The Balaban J connectivity index is 2.68. The van der Waals surface area contributed by atoms with E-state index in [0.717, 1.165) is 0 Å². The van der Waals surface area contributed by atoms with E-state index in [-0.39, 0.29) is 0 Å². The van der Waals surface area contributed by atoms with Gasteiger partial charge in [0.2, 0.25) is 0 Å². The molecule has 3 rings (SSSR count). The van der Waals surface area contributed by atoms with Gasteiger partial charge in [-0.1, -0.05) is 73.3 Å². The standard InChI is InChI=1S/C19H16/c1-4-14-15(5-2)18-11-10-13(3)12-19(18)17-9-7-6-8-16(14)17/h4-12H,1-2H2,3H3. The molecule has 0 bridgehead atoms. The van der Waals surface area contributed by atoms with Crippen LogP contribution in [0.5, 0.6) is 0 Å². The fraction of sp³-hybridized carbons (Fsp3) is 0.0526. The second-order valence-electron chi connectivity index (χ2n) is 4.83. The van der Waals surface area contributed by atoms with E-state index in [2.05, 4.69) is 62.5 Å². The van der Waals surface area contributed by atoms with Crippen LogP contribution in [0.4, 0.5) is 0 Å². The van der Waals surface area contributed by atoms with Crippen molar-refractivity contribution in [3.8, 4) is 0 Å². The maximum absolute atomic E-state index is 3.97. The molecule has 3 aromatic carbocycles. The van der Waals surface area contributed by atoms with Gasteiger partial charge in [0.1, 0.15) is 0 Å². The Bertz CT molecular complexity index is 807. The third-order valence-electron chi connectivity index (χ3n) is 3.67. The van der Waals surface area contributed by atoms with Gasteiger partial charge in [0.15, 0.2) is 0 Å². The Morgan fingerprint density at radius 1 is 0.737 bits per heavy atom. The van der Waals surface area contributed by atoms with Crippen LogP contribution in [0.1, 0.15) is 16.7 Å². The number of hydrogen-bond donors (Lipinski definition) is 0. The second-order valence-corrected chi connectivity index (χ2v) is 4.83. The molecule has 0 radical (unpaired) electrons. The van der Waals surface area contributed by atoms with E-state index in [1.807, 2.05) is 12.2 Å². The first-order valence-electron chi connectivity index (χ1n) is 6.46. The van der Waals surface area contributed by atoms with Gasteiger partial charge >= 0.3 is 0 Å². The first-order chi connectivity index (χ1) is 9.26. The third-order valence-corrected chi connectivity index (χ3v) is 3.67. The number of benzene rings is 3. The van der Waals surface area contributed by atoms with Crippen molar-refractivity contribution in [2.24, 2.45) is 0 Å². The van der Waals surface area contributed by atoms with Crippen LogP contribution in [0.15, 0.2) is 55.6 Å². The molecule has 0 aliphatic carbocycles. The predicted molar refractivity (Wildman–Crippen MR) is 86.4 cm³/mol. The molecule has 0 saturated carbocycles. The van der Waals surface area contributed by atoms with Crippen LogP contribution in [0.3, 0.4) is 0 Å². The molecular weight excluding hydrogens is 228 g/mol. The van der Waals surface area contributed by atoms with Gasteiger partial charge in [0.25, 0.3) is 0 Å². The van der Waals surface area contributed by atoms with Gasteiger partial charge in [-0.3, -0.25) is 0 Å². The summed E-state index contributed by atoms with van der Waals surface area (Å²) in [6.07, 6.45) is 3.86. The first-order valence-corrected chi connectivity index (χ1v) is 6.46. The second kappa shape index (κ2) is 4.40. The molecule has 0 atom stereocenters. The van der Waals surface area contributed by atoms with Crippen molar-refractivity contribution < 1.29 is 0 Å². The van der Waals surface area contributed by atoms with Crippen molar-refractivity contribution >= 4 is 33.7 Å². The zero-order valence-electron chi connectivity index (χ0n) is 11.1. The number of hydrogen-bond acceptors (Lipinski definition) is 0. The fourth-order valence-corrected chi connectivity index (χ4v) is 2.80. The van der Waals surface area contributed by atoms with Crippen LogP contribution < -0.4 is 0 Å². The quantitative estimate of drug-likeness (QED) is 0.516. The molecule has 0 fully saturated rings. The lowest BCUT2D eigenvalue weighted by atomic mass is 9.91. The molecule has 0 heterocycles. The smallest absolute Gasteiger partial charge is 0.00963 e. The van der Waals surface area contributed by atoms with Crippen molar-refractivity contribution in [2.45, 2.75) is 6.92 Å². The lowest BCUT2D eigenvalue weighted by Gasteiger charge is -2.13. The summed E-state index contributed by atoms with van der Waals surface area (Å²) in [5, 5.41) is 5.05. The Morgan fingerprint density at radius 2 is 1.32 bits per heavy atom. The number of rotatable bonds is 2. The zero-order valence-corrected chi connectivity index (χ0v) is 11.1. The van der Waals surface area contributed by atoms with Crippen molar-refractivity contribution in [1.29, 1.82) is 0 Å². The lowest BCUT2D eigenvalue weighted by molar-refractivity contribution is 1.51. The molecule has 19 heavy (non-hydrogen) atoms. The van der Waals surface area contributed by atoms with Gasteiger partial charge in [0, 0.05) is 0 Å². The van der Waals surface area contributed by atoms with Gasteiger partial charge in [-0.15, -0.1) is 0 Å². The Kier molecular flexibility index (Phi) is 2.72. The summed E-state index contributed by atoms with van der Waals surface area (Å²) in [4.78, 5) is 0. The van der Waals surface area contributed by atoms with E-state index in [1.54, 1.807) is 0 Å². The zero-order chi connectivity index (χ0) is 13.4. The van der Waals surface area contributed by atoms with Crippen LogP contribution in [0.2, 0.25) is 0 Å². The van der Waals surface area contributed by atoms with E-state index in [9.17, 15) is 0 Å². The highest BCUT2D eigenvalue weighted by molar-refractivity contribution is 6.14. The molecule has 92 valence electrons. The molecule has 0 heteroatoms. The fourth-order valence-electron chi connectivity index (χ4n) is 2.80. The summed E-state index contributed by atoms with van der Waals surface area (Å²) in [6.45, 7) is 10.1. The highest BCUT2D eigenvalue weighted by Gasteiger charge is 2.09. The van der Waals surface area contributed by atoms with Gasteiger partial charge in [-0.05, 0) is 39.6 Å². The van der Waals surface area contributed by atoms with Crippen LogP contribution in [0, 0.1) is 6.92 Å². The molecule has 0 unspecified atom stereocenters. The van der Waals surface area contributed by atoms with Crippen LogP contribution >= 0.6 is 0 Å². The largest absolute Gasteiger partial charge is 0.0984 e. The van der Waals surface area contributed by atoms with E-state index < -0.39 is 0 Å². The monoisotopic (exact) mass is 244 g/mol. The molecule has 0 aliphatic rings. The van der Waals surface area contributed by atoms with E-state index in [4.69, 9.17) is 0 Å². The van der Waals surface area contributed by atoms with Crippen molar-refractivity contribution in [3.63, 3.8) is 0 Å². The normalized spacial score (nSPS) is 10.8. The molecule has 0 N–H and O–H groups in total. The summed E-state index contributed by atoms with van der Waals surface area (Å²) >= 11 is 0. The molecular formula is C19H16. The van der Waals surface area contributed by atoms with Crippen molar-refractivity contribution in [2.75, 3.05) is 0 Å². The SMILES string of the molecule is C=Cc1c(C=C)c2ccc(C)cc2c2ccccc12. The molecule has 0 saturated heterocycles. The Morgan fingerprint density at radius 3 is 1.95 bits per heavy atom. The van der Waals surface area contributed by atoms with Crippen LogP contribution in [-0.4, -0.2) is 0 Å². The third kappa shape index (κ3) is 1.68. The molecule has 0 spiro atoms. The van der Waals surface area contributed by atoms with E-state index in [1.165, 1.54) is 38.2 Å². The van der Waals surface area contributed by atoms with Crippen molar-refractivity contribution in [1.82, 2.24) is 0 Å². The summed E-state index contributed by atoms with van der Waals surface area (Å²) in [7, 11) is 0. The van der Waals surface area contributed by atoms with Crippen molar-refractivity contribution in [3.05, 3.63) is 72.3 Å². The molecule has 0 amide bonds. The van der Waals surface area contributed by atoms with E-state index >= 15 is 0 Å². The molecule has 0 aromatic heterocycles. The average Bonchev–Trinajstić information content (AvgIpc) is 2.45. The summed E-state index contributed by atoms with van der Waals surface area (Å²) in [6, 6.07) is 15.1. The minimum atomic E-state index is 1.17. The summed E-state index contributed by atoms with van der Waals surface area (Å²) < 4.78 is 0. The van der Waals surface area contributed by atoms with Gasteiger partial charge in [0.05, 0.1) is 0 Å². The molecule has 0 aliphatic heterocycles. The van der Waals surface area contributed by atoms with Crippen LogP contribution in [-0.2, 0) is 0 Å². The number of aryl methyl sites for hydroxylation is 1. The maximum atomic E-state index is 3.97. The maximum Gasteiger partial charge on any atom is -0.00963 e. The van der Waals surface area contributed by atoms with Gasteiger partial charge in [-0.25, -0.2) is 0 Å². The lowest BCUT2D eigenvalue weighted by Crippen LogP contribution is -1.89. The number of fused-ring (bicyclic) bond motifs is 3. The molecule has 0 nitrogen and oxygen atoms in total. The summed E-state index contributed by atoms with van der Waals surface area (Å²) in [5.41, 5.74) is 3.62. The average molecular weight is 244 g/mol. The molecule has 3 aromatic rings. The van der Waals surface area contributed by atoms with Gasteiger partial charge < -0.3 is 0 Å². The van der Waals surface area contributed by atoms with E-state index in [0.29, 0.717) is 0 Å². The minimum Gasteiger partial charge on any atom is -0.0984 e.